The van der Waals surface area contributed by atoms with Crippen LogP contribution >= 0.6 is 0 Å². The summed E-state index contributed by atoms with van der Waals surface area (Å²) >= 11 is 0. The van der Waals surface area contributed by atoms with Gasteiger partial charge in [0.15, 0.2) is 0 Å². The lowest BCUT2D eigenvalue weighted by Crippen LogP contribution is -2.34. The molecule has 158 valence electrons. The van der Waals surface area contributed by atoms with Crippen LogP contribution in [0.15, 0.2) is 0 Å². The number of ether oxygens (including phenoxy) is 1. The second-order valence-corrected chi connectivity index (χ2v) is 6.81. The molecule has 0 aliphatic heterocycles. The van der Waals surface area contributed by atoms with Gasteiger partial charge in [0.1, 0.15) is 5.78 Å². The second-order valence-electron chi connectivity index (χ2n) is 6.81. The third-order valence-corrected chi connectivity index (χ3v) is 3.37. The van der Waals surface area contributed by atoms with E-state index in [0.717, 1.165) is 13.0 Å². The first-order chi connectivity index (χ1) is 12.2. The van der Waals surface area contributed by atoms with Gasteiger partial charge in [-0.2, -0.15) is 0 Å². The van der Waals surface area contributed by atoms with Crippen molar-refractivity contribution in [2.45, 2.75) is 86.2 Å². The molecule has 0 saturated carbocycles. The number of aliphatic hydroxyl groups is 1. The van der Waals surface area contributed by atoms with E-state index in [-0.39, 0.29) is 23.9 Å². The number of hydrogen-bond donors (Lipinski definition) is 3. The summed E-state index contributed by atoms with van der Waals surface area (Å²) in [6.07, 6.45) is 3.10. The maximum Gasteiger partial charge on any atom is 0.220 e. The summed E-state index contributed by atoms with van der Waals surface area (Å²) in [5.74, 6) is 0.802. The van der Waals surface area contributed by atoms with Gasteiger partial charge >= 0.3 is 0 Å². The molecule has 0 unspecified atom stereocenters. The Hall–Kier alpha value is -0.980. The smallest absolute Gasteiger partial charge is 0.220 e. The molecule has 6 heteroatoms. The molecule has 0 saturated heterocycles. The Kier molecular flexibility index (Phi) is 23.3. The topological polar surface area (TPSA) is 102 Å². The fraction of sp³-hybridized carbons (Fsp3) is 0.900. The van der Waals surface area contributed by atoms with Gasteiger partial charge in [-0.15, -0.1) is 0 Å². The van der Waals surface area contributed by atoms with Gasteiger partial charge in [-0.25, -0.2) is 0 Å². The summed E-state index contributed by atoms with van der Waals surface area (Å²) in [6.45, 7) is 15.9. The van der Waals surface area contributed by atoms with Crippen LogP contribution in [0.1, 0.15) is 80.6 Å². The summed E-state index contributed by atoms with van der Waals surface area (Å²) in [6, 6.07) is 0. The molecule has 1 amide bonds. The van der Waals surface area contributed by atoms with Crippen LogP contribution in [-0.2, 0) is 14.3 Å². The van der Waals surface area contributed by atoms with Crippen molar-refractivity contribution in [3.63, 3.8) is 0 Å². The van der Waals surface area contributed by atoms with Crippen LogP contribution in [0.4, 0.5) is 0 Å². The van der Waals surface area contributed by atoms with Crippen molar-refractivity contribution in [1.29, 1.82) is 0 Å². The molecule has 0 rings (SSSR count). The van der Waals surface area contributed by atoms with E-state index in [9.17, 15) is 9.59 Å². The van der Waals surface area contributed by atoms with E-state index in [1.807, 2.05) is 34.6 Å². The normalized spacial score (nSPS) is 10.4. The molecular weight excluding hydrogens is 332 g/mol. The first-order valence-corrected chi connectivity index (χ1v) is 9.91. The van der Waals surface area contributed by atoms with Crippen molar-refractivity contribution in [2.24, 2.45) is 11.7 Å². The predicted octanol–water partition coefficient (Wildman–Crippen LogP) is 3.06. The van der Waals surface area contributed by atoms with Gasteiger partial charge in [-0.3, -0.25) is 9.59 Å². The monoisotopic (exact) mass is 376 g/mol. The minimum atomic E-state index is -0.144. The molecule has 0 aliphatic rings. The molecule has 4 N–H and O–H groups in total. The Balaban J connectivity index is -0.000000375. The number of hydrogen-bond acceptors (Lipinski definition) is 5. The van der Waals surface area contributed by atoms with Crippen LogP contribution in [0.25, 0.3) is 0 Å². The van der Waals surface area contributed by atoms with Crippen LogP contribution in [0.3, 0.4) is 0 Å². The van der Waals surface area contributed by atoms with Crippen LogP contribution < -0.4 is 11.1 Å². The Labute approximate surface area is 161 Å². The molecule has 0 bridgehead atoms. The number of nitrogens with two attached hydrogens (primary N) is 1. The number of rotatable bonds is 12. The van der Waals surface area contributed by atoms with E-state index in [2.05, 4.69) is 19.2 Å². The lowest BCUT2D eigenvalue weighted by atomic mass is 10.1. The van der Waals surface area contributed by atoms with Crippen LogP contribution in [0, 0.1) is 5.92 Å². The zero-order valence-corrected chi connectivity index (χ0v) is 18.2. The lowest BCUT2D eigenvalue weighted by molar-refractivity contribution is -0.121. The number of carbonyl (C=O) groups excluding carboxylic acids is 2. The van der Waals surface area contributed by atoms with Gasteiger partial charge in [0.2, 0.25) is 5.91 Å². The summed E-state index contributed by atoms with van der Waals surface area (Å²) in [7, 11) is 0. The lowest BCUT2D eigenvalue weighted by Gasteiger charge is -2.23. The van der Waals surface area contributed by atoms with Crippen molar-refractivity contribution >= 4 is 11.7 Å². The fourth-order valence-corrected chi connectivity index (χ4v) is 1.54. The number of ketones is 1. The average molecular weight is 377 g/mol. The number of Topliss-reactive ketones (excluding diaryl/α,β-unsaturated/α-hetero) is 1. The highest BCUT2D eigenvalue weighted by molar-refractivity contribution is 5.79. The molecule has 0 spiro atoms. The van der Waals surface area contributed by atoms with E-state index < -0.39 is 0 Å². The summed E-state index contributed by atoms with van der Waals surface area (Å²) in [4.78, 5) is 21.8. The molecule has 6 nitrogen and oxygen atoms in total. The fourth-order valence-electron chi connectivity index (χ4n) is 1.54. The largest absolute Gasteiger partial charge is 0.395 e. The van der Waals surface area contributed by atoms with Crippen LogP contribution in [0.2, 0.25) is 0 Å². The number of aliphatic hydroxyl groups excluding tert-OH is 1. The van der Waals surface area contributed by atoms with Gasteiger partial charge in [0.05, 0.1) is 12.2 Å². The SMILES string of the molecule is CC.CC(C)CCOC(C)(C)CN.CCC(=O)CCCC(=O)NCCO. The van der Waals surface area contributed by atoms with E-state index in [1.54, 1.807) is 0 Å². The Morgan fingerprint density at radius 1 is 1.19 bits per heavy atom. The molecule has 0 fully saturated rings. The third kappa shape index (κ3) is 25.3. The molecule has 0 heterocycles. The summed E-state index contributed by atoms with van der Waals surface area (Å²) < 4.78 is 5.56. The van der Waals surface area contributed by atoms with Crippen LogP contribution in [0.5, 0.6) is 0 Å². The number of nitrogens with one attached hydrogen (secondary N) is 1. The summed E-state index contributed by atoms with van der Waals surface area (Å²) in [5.41, 5.74) is 5.35. The van der Waals surface area contributed by atoms with E-state index in [4.69, 9.17) is 15.6 Å². The first kappa shape index (κ1) is 29.8. The quantitative estimate of drug-likeness (QED) is 0.486. The van der Waals surface area contributed by atoms with Crippen LogP contribution in [-0.4, -0.2) is 48.7 Å². The predicted molar refractivity (Wildman–Crippen MR) is 109 cm³/mol. The third-order valence-electron chi connectivity index (χ3n) is 3.37. The molecule has 0 aromatic carbocycles. The highest BCUT2D eigenvalue weighted by Gasteiger charge is 2.14. The van der Waals surface area contributed by atoms with E-state index in [1.165, 1.54) is 0 Å². The maximum absolute atomic E-state index is 10.9. The maximum atomic E-state index is 10.9. The zero-order chi connectivity index (χ0) is 21.0. The molecule has 26 heavy (non-hydrogen) atoms. The van der Waals surface area contributed by atoms with Gasteiger partial charge in [-0.05, 0) is 32.6 Å². The highest BCUT2D eigenvalue weighted by atomic mass is 16.5. The molecule has 0 aromatic rings. The van der Waals surface area contributed by atoms with Crippen molar-refractivity contribution in [1.82, 2.24) is 5.32 Å². The standard InChI is InChI=1S/C9H17NO3.C9H21NO.C2H6/c1-2-8(12)4-3-5-9(13)10-6-7-11;1-8(2)5-6-11-9(3,4)7-10;1-2/h11H,2-7H2,1H3,(H,10,13);8H,5-7,10H2,1-4H3;1-2H3. The minimum absolute atomic E-state index is 0.0420. The Morgan fingerprint density at radius 3 is 2.19 bits per heavy atom. The van der Waals surface area contributed by atoms with E-state index in [0.29, 0.717) is 44.7 Å². The summed E-state index contributed by atoms with van der Waals surface area (Å²) in [5, 5.41) is 10.9. The molecule has 0 atom stereocenters. The zero-order valence-electron chi connectivity index (χ0n) is 18.2. The average Bonchev–Trinajstić information content (AvgIpc) is 2.61. The molecule has 0 radical (unpaired) electrons. The van der Waals surface area contributed by atoms with Crippen molar-refractivity contribution in [2.75, 3.05) is 26.3 Å². The molecule has 0 aliphatic carbocycles. The Morgan fingerprint density at radius 2 is 1.77 bits per heavy atom. The van der Waals surface area contributed by atoms with Crippen molar-refractivity contribution < 1.29 is 19.4 Å². The van der Waals surface area contributed by atoms with Gasteiger partial charge in [0, 0.05) is 39.0 Å². The van der Waals surface area contributed by atoms with Crippen molar-refractivity contribution in [3.05, 3.63) is 0 Å². The van der Waals surface area contributed by atoms with Crippen molar-refractivity contribution in [3.8, 4) is 0 Å². The van der Waals surface area contributed by atoms with Gasteiger partial charge in [0.25, 0.3) is 0 Å². The molecule has 0 aromatic heterocycles. The second kappa shape index (κ2) is 20.3. The Bertz CT molecular complexity index is 332. The first-order valence-electron chi connectivity index (χ1n) is 9.91. The van der Waals surface area contributed by atoms with Gasteiger partial charge in [-0.1, -0.05) is 34.6 Å². The number of amides is 1. The molecular formula is C20H44N2O4. The van der Waals surface area contributed by atoms with E-state index >= 15 is 0 Å². The highest BCUT2D eigenvalue weighted by Crippen LogP contribution is 2.09. The van der Waals surface area contributed by atoms with Gasteiger partial charge < -0.3 is 20.9 Å². The number of carbonyl (C=O) groups is 2. The minimum Gasteiger partial charge on any atom is -0.395 e.